The first-order valence-electron chi connectivity index (χ1n) is 7.54. The predicted octanol–water partition coefficient (Wildman–Crippen LogP) is 1.14. The number of piperidine rings is 1. The smallest absolute Gasteiger partial charge is 0.395 e. The van der Waals surface area contributed by atoms with Crippen molar-refractivity contribution in [3.05, 3.63) is 18.2 Å². The van der Waals surface area contributed by atoms with E-state index < -0.39 is 6.29 Å². The van der Waals surface area contributed by atoms with Gasteiger partial charge in [0.2, 0.25) is 11.8 Å². The number of anilines is 1. The second kappa shape index (κ2) is 6.23. The first-order chi connectivity index (χ1) is 11.3. The molecule has 0 saturated carbocycles. The molecule has 1 aromatic carbocycles. The Labute approximate surface area is 136 Å². The average molecular weight is 341 g/mol. The highest BCUT2D eigenvalue weighted by Gasteiger charge is 2.43. The van der Waals surface area contributed by atoms with Crippen LogP contribution in [-0.4, -0.2) is 42.6 Å². The standard InChI is InChI=1S/C15H17F2N3O4/c16-15(17)23-11-4-3-10(6-12(11)24-15)19-13(21)8-20-5-1-2-9(7-20)14(18)22/h3-4,6,9H,1-2,5,7-8H2,(H2,18,22)(H,19,21)/t9-/m0/s1. The van der Waals surface area contributed by atoms with E-state index in [-0.39, 0.29) is 35.8 Å². The van der Waals surface area contributed by atoms with Crippen LogP contribution in [0, 0.1) is 5.92 Å². The summed E-state index contributed by atoms with van der Waals surface area (Å²) < 4.78 is 34.6. The van der Waals surface area contributed by atoms with Crippen LogP contribution in [0.1, 0.15) is 12.8 Å². The molecule has 9 heteroatoms. The van der Waals surface area contributed by atoms with Gasteiger partial charge in [-0.05, 0) is 31.5 Å². The van der Waals surface area contributed by atoms with Gasteiger partial charge in [-0.3, -0.25) is 14.5 Å². The van der Waals surface area contributed by atoms with Gasteiger partial charge in [-0.2, -0.15) is 0 Å². The van der Waals surface area contributed by atoms with Crippen LogP contribution in [0.4, 0.5) is 14.5 Å². The first kappa shape index (κ1) is 16.4. The molecule has 1 aromatic rings. The Hall–Kier alpha value is -2.42. The van der Waals surface area contributed by atoms with Gasteiger partial charge in [0, 0.05) is 18.3 Å². The topological polar surface area (TPSA) is 93.9 Å². The lowest BCUT2D eigenvalue weighted by molar-refractivity contribution is -0.286. The number of nitrogens with zero attached hydrogens (tertiary/aromatic N) is 1. The molecule has 2 aliphatic rings. The van der Waals surface area contributed by atoms with Gasteiger partial charge in [-0.15, -0.1) is 8.78 Å². The highest BCUT2D eigenvalue weighted by Crippen LogP contribution is 2.42. The van der Waals surface area contributed by atoms with E-state index in [9.17, 15) is 18.4 Å². The Morgan fingerprint density at radius 3 is 2.83 bits per heavy atom. The molecular weight excluding hydrogens is 324 g/mol. The molecule has 2 heterocycles. The molecule has 1 atom stereocenters. The molecule has 0 radical (unpaired) electrons. The molecule has 0 unspecified atom stereocenters. The van der Waals surface area contributed by atoms with Crippen LogP contribution in [0.3, 0.4) is 0 Å². The fraction of sp³-hybridized carbons (Fsp3) is 0.467. The number of hydrogen-bond donors (Lipinski definition) is 2. The largest absolute Gasteiger partial charge is 0.586 e. The van der Waals surface area contributed by atoms with Crippen LogP contribution in [-0.2, 0) is 9.59 Å². The van der Waals surface area contributed by atoms with Crippen molar-refractivity contribution in [3.63, 3.8) is 0 Å². The summed E-state index contributed by atoms with van der Waals surface area (Å²) in [6, 6.07) is 4.02. The molecule has 2 aliphatic heterocycles. The summed E-state index contributed by atoms with van der Waals surface area (Å²) in [4.78, 5) is 25.2. The van der Waals surface area contributed by atoms with Crippen LogP contribution < -0.4 is 20.5 Å². The summed E-state index contributed by atoms with van der Waals surface area (Å²) in [5, 5.41) is 2.61. The highest BCUT2D eigenvalue weighted by molar-refractivity contribution is 5.92. The van der Waals surface area contributed by atoms with E-state index in [0.717, 1.165) is 12.8 Å². The number of amides is 2. The molecule has 0 bridgehead atoms. The Morgan fingerprint density at radius 1 is 1.33 bits per heavy atom. The number of rotatable bonds is 4. The minimum absolute atomic E-state index is 0.0849. The number of primary amides is 1. The molecule has 0 aliphatic carbocycles. The second-order valence-electron chi connectivity index (χ2n) is 5.85. The van der Waals surface area contributed by atoms with Gasteiger partial charge in [0.1, 0.15) is 0 Å². The minimum Gasteiger partial charge on any atom is -0.395 e. The third-order valence-electron chi connectivity index (χ3n) is 3.96. The quantitative estimate of drug-likeness (QED) is 0.857. The van der Waals surface area contributed by atoms with Crippen molar-refractivity contribution in [1.82, 2.24) is 4.90 Å². The number of benzene rings is 1. The van der Waals surface area contributed by atoms with Crippen LogP contribution in [0.2, 0.25) is 0 Å². The Bertz CT molecular complexity index is 668. The van der Waals surface area contributed by atoms with Gasteiger partial charge in [-0.25, -0.2) is 0 Å². The predicted molar refractivity (Wildman–Crippen MR) is 79.6 cm³/mol. The number of nitrogens with one attached hydrogen (secondary N) is 1. The van der Waals surface area contributed by atoms with Crippen molar-refractivity contribution in [3.8, 4) is 11.5 Å². The van der Waals surface area contributed by atoms with Gasteiger partial charge in [-0.1, -0.05) is 0 Å². The fourth-order valence-electron chi connectivity index (χ4n) is 2.86. The number of nitrogens with two attached hydrogens (primary N) is 1. The Kier molecular flexibility index (Phi) is 4.27. The number of alkyl halides is 2. The summed E-state index contributed by atoms with van der Waals surface area (Å²) in [5.41, 5.74) is 5.63. The lowest BCUT2D eigenvalue weighted by Gasteiger charge is -2.30. The molecule has 3 rings (SSSR count). The summed E-state index contributed by atoms with van der Waals surface area (Å²) in [6.45, 7) is 1.23. The van der Waals surface area contributed by atoms with Crippen LogP contribution in [0.25, 0.3) is 0 Å². The second-order valence-corrected chi connectivity index (χ2v) is 5.85. The molecule has 130 valence electrons. The minimum atomic E-state index is -3.69. The number of carbonyl (C=O) groups excluding carboxylic acids is 2. The van der Waals surface area contributed by atoms with Gasteiger partial charge < -0.3 is 20.5 Å². The Morgan fingerprint density at radius 2 is 2.08 bits per heavy atom. The third-order valence-corrected chi connectivity index (χ3v) is 3.96. The summed E-state index contributed by atoms with van der Waals surface area (Å²) >= 11 is 0. The van der Waals surface area contributed by atoms with Crippen molar-refractivity contribution in [1.29, 1.82) is 0 Å². The number of hydrogen-bond acceptors (Lipinski definition) is 5. The zero-order valence-electron chi connectivity index (χ0n) is 12.8. The van der Waals surface area contributed by atoms with Crippen LogP contribution in [0.15, 0.2) is 18.2 Å². The Balaban J connectivity index is 1.57. The molecular formula is C15H17F2N3O4. The number of likely N-dealkylation sites (tertiary alicyclic amines) is 1. The van der Waals surface area contributed by atoms with Crippen molar-refractivity contribution >= 4 is 17.5 Å². The van der Waals surface area contributed by atoms with E-state index in [1.807, 2.05) is 4.90 Å². The van der Waals surface area contributed by atoms with Crippen molar-refractivity contribution in [2.24, 2.45) is 11.7 Å². The fourth-order valence-corrected chi connectivity index (χ4v) is 2.86. The van der Waals surface area contributed by atoms with Crippen molar-refractivity contribution in [2.45, 2.75) is 19.1 Å². The summed E-state index contributed by atoms with van der Waals surface area (Å²) in [7, 11) is 0. The molecule has 7 nitrogen and oxygen atoms in total. The zero-order valence-corrected chi connectivity index (χ0v) is 12.8. The van der Waals surface area contributed by atoms with Crippen LogP contribution in [0.5, 0.6) is 11.5 Å². The third kappa shape index (κ3) is 3.73. The van der Waals surface area contributed by atoms with Crippen LogP contribution >= 0.6 is 0 Å². The highest BCUT2D eigenvalue weighted by atomic mass is 19.3. The van der Waals surface area contributed by atoms with E-state index in [4.69, 9.17) is 5.73 Å². The number of ether oxygens (including phenoxy) is 2. The molecule has 0 spiro atoms. The normalized spacial score (nSPS) is 22.2. The van der Waals surface area contributed by atoms with Crippen molar-refractivity contribution in [2.75, 3.05) is 25.0 Å². The zero-order chi connectivity index (χ0) is 17.3. The molecule has 0 aromatic heterocycles. The molecule has 3 N–H and O–H groups in total. The van der Waals surface area contributed by atoms with E-state index in [2.05, 4.69) is 14.8 Å². The maximum Gasteiger partial charge on any atom is 0.586 e. The molecule has 24 heavy (non-hydrogen) atoms. The van der Waals surface area contributed by atoms with E-state index in [1.54, 1.807) is 0 Å². The molecule has 1 saturated heterocycles. The summed E-state index contributed by atoms with van der Waals surface area (Å²) in [5.74, 6) is -1.15. The summed E-state index contributed by atoms with van der Waals surface area (Å²) in [6.07, 6.45) is -2.17. The average Bonchev–Trinajstić information content (AvgIpc) is 2.80. The lowest BCUT2D eigenvalue weighted by Crippen LogP contribution is -2.44. The maximum absolute atomic E-state index is 13.0. The van der Waals surface area contributed by atoms with Gasteiger partial charge in [0.25, 0.3) is 0 Å². The van der Waals surface area contributed by atoms with E-state index >= 15 is 0 Å². The maximum atomic E-state index is 13.0. The first-order valence-corrected chi connectivity index (χ1v) is 7.54. The number of halogens is 2. The van der Waals surface area contributed by atoms with Gasteiger partial charge in [0.05, 0.1) is 12.5 Å². The monoisotopic (exact) mass is 341 g/mol. The van der Waals surface area contributed by atoms with Gasteiger partial charge in [0.15, 0.2) is 11.5 Å². The lowest BCUT2D eigenvalue weighted by atomic mass is 9.97. The SMILES string of the molecule is NC(=O)[C@H]1CCCN(CC(=O)Nc2ccc3c(c2)OC(F)(F)O3)C1. The molecule has 2 amide bonds. The number of fused-ring (bicyclic) bond motifs is 1. The van der Waals surface area contributed by atoms with Gasteiger partial charge >= 0.3 is 6.29 Å². The molecule has 1 fully saturated rings. The van der Waals surface area contributed by atoms with Crippen molar-refractivity contribution < 1.29 is 27.8 Å². The number of carbonyl (C=O) groups is 2. The van der Waals surface area contributed by atoms with E-state index in [1.165, 1.54) is 18.2 Å². The van der Waals surface area contributed by atoms with E-state index in [0.29, 0.717) is 18.8 Å².